The molecule has 7 nitrogen and oxygen atoms in total. The topological polar surface area (TPSA) is 78.6 Å². The summed E-state index contributed by atoms with van der Waals surface area (Å²) in [4.78, 5) is 11.3. The van der Waals surface area contributed by atoms with Crippen molar-refractivity contribution in [2.24, 2.45) is 4.99 Å². The Hall–Kier alpha value is -2.90. The molecule has 2 aromatic carbocycles. The fraction of sp³-hybridized carbons (Fsp3) is 0.348. The van der Waals surface area contributed by atoms with Crippen molar-refractivity contribution < 1.29 is 4.52 Å². The highest BCUT2D eigenvalue weighted by molar-refractivity contribution is 6.30. The van der Waals surface area contributed by atoms with Gasteiger partial charge in [-0.25, -0.2) is 0 Å². The van der Waals surface area contributed by atoms with E-state index in [1.807, 2.05) is 24.3 Å². The molecule has 0 aliphatic carbocycles. The maximum Gasteiger partial charge on any atom is 0.246 e. The van der Waals surface area contributed by atoms with Crippen molar-refractivity contribution in [3.63, 3.8) is 0 Å². The van der Waals surface area contributed by atoms with E-state index in [0.717, 1.165) is 31.0 Å². The van der Waals surface area contributed by atoms with Gasteiger partial charge >= 0.3 is 0 Å². The fourth-order valence-electron chi connectivity index (χ4n) is 3.86. The number of nitrogens with one attached hydrogen (secondary N) is 2. The molecule has 162 valence electrons. The Morgan fingerprint density at radius 3 is 2.84 bits per heavy atom. The maximum atomic E-state index is 6.04. The second kappa shape index (κ2) is 9.94. The molecule has 31 heavy (non-hydrogen) atoms. The van der Waals surface area contributed by atoms with Crippen LogP contribution < -0.4 is 10.6 Å². The van der Waals surface area contributed by atoms with Crippen LogP contribution >= 0.6 is 11.6 Å². The van der Waals surface area contributed by atoms with E-state index < -0.39 is 0 Å². The van der Waals surface area contributed by atoms with Crippen molar-refractivity contribution in [3.05, 3.63) is 71.1 Å². The van der Waals surface area contributed by atoms with Gasteiger partial charge in [-0.05, 0) is 31.0 Å². The zero-order valence-electron chi connectivity index (χ0n) is 17.8. The van der Waals surface area contributed by atoms with Crippen LogP contribution in [0.1, 0.15) is 24.8 Å². The smallest absolute Gasteiger partial charge is 0.246 e. The van der Waals surface area contributed by atoms with E-state index in [1.54, 1.807) is 7.05 Å². The molecular weight excluding hydrogens is 412 g/mol. The summed E-state index contributed by atoms with van der Waals surface area (Å²) in [6, 6.07) is 18.8. The maximum absolute atomic E-state index is 6.04. The van der Waals surface area contributed by atoms with Crippen molar-refractivity contribution in [2.45, 2.75) is 38.5 Å². The average Bonchev–Trinajstić information content (AvgIpc) is 3.38. The Morgan fingerprint density at radius 1 is 1.23 bits per heavy atom. The first kappa shape index (κ1) is 21.3. The third-order valence-corrected chi connectivity index (χ3v) is 5.69. The van der Waals surface area contributed by atoms with E-state index in [2.05, 4.69) is 67.9 Å². The molecule has 2 atom stereocenters. The predicted molar refractivity (Wildman–Crippen MR) is 123 cm³/mol. The minimum absolute atomic E-state index is 0.328. The van der Waals surface area contributed by atoms with Crippen molar-refractivity contribution in [1.82, 2.24) is 25.7 Å². The summed E-state index contributed by atoms with van der Waals surface area (Å²) in [6.07, 6.45) is 1.06. The van der Waals surface area contributed by atoms with E-state index in [9.17, 15) is 0 Å². The Bertz CT molecular complexity index is 1020. The lowest BCUT2D eigenvalue weighted by Crippen LogP contribution is -2.44. The lowest BCUT2D eigenvalue weighted by Gasteiger charge is -2.21. The van der Waals surface area contributed by atoms with Crippen LogP contribution in [0.25, 0.3) is 11.4 Å². The Morgan fingerprint density at radius 2 is 2.06 bits per heavy atom. The van der Waals surface area contributed by atoms with E-state index in [0.29, 0.717) is 35.4 Å². The molecule has 2 unspecified atom stereocenters. The SMILES string of the molecule is CN=C(NCc1nc(-c2cccc(Cl)c2)no1)NC1CC(C)N(Cc2ccccc2)C1. The van der Waals surface area contributed by atoms with Gasteiger partial charge in [-0.2, -0.15) is 4.98 Å². The first-order chi connectivity index (χ1) is 15.1. The van der Waals surface area contributed by atoms with Crippen molar-refractivity contribution in [1.29, 1.82) is 0 Å². The van der Waals surface area contributed by atoms with Crippen LogP contribution in [0.15, 0.2) is 64.1 Å². The number of guanidine groups is 1. The largest absolute Gasteiger partial charge is 0.352 e. The molecule has 0 spiro atoms. The lowest BCUT2D eigenvalue weighted by molar-refractivity contribution is 0.258. The molecule has 4 rings (SSSR count). The first-order valence-corrected chi connectivity index (χ1v) is 10.8. The van der Waals surface area contributed by atoms with Crippen LogP contribution in [0.3, 0.4) is 0 Å². The number of nitrogens with zero attached hydrogens (tertiary/aromatic N) is 4. The molecule has 1 saturated heterocycles. The molecule has 0 bridgehead atoms. The summed E-state index contributed by atoms with van der Waals surface area (Å²) < 4.78 is 5.37. The van der Waals surface area contributed by atoms with Crippen molar-refractivity contribution in [3.8, 4) is 11.4 Å². The first-order valence-electron chi connectivity index (χ1n) is 10.4. The molecule has 1 aliphatic heterocycles. The fourth-order valence-corrected chi connectivity index (χ4v) is 4.05. The molecule has 8 heteroatoms. The molecule has 1 aromatic heterocycles. The van der Waals surface area contributed by atoms with Crippen LogP contribution in [0.4, 0.5) is 0 Å². The van der Waals surface area contributed by atoms with E-state index >= 15 is 0 Å². The number of hydrogen-bond donors (Lipinski definition) is 2. The normalized spacial score (nSPS) is 19.5. The van der Waals surface area contributed by atoms with Gasteiger partial charge < -0.3 is 15.2 Å². The molecule has 3 aromatic rings. The molecule has 0 amide bonds. The zero-order valence-corrected chi connectivity index (χ0v) is 18.5. The van der Waals surface area contributed by atoms with Gasteiger partial charge in [0, 0.05) is 42.8 Å². The number of likely N-dealkylation sites (tertiary alicyclic amines) is 1. The second-order valence-electron chi connectivity index (χ2n) is 7.79. The van der Waals surface area contributed by atoms with Crippen LogP contribution in [0, 0.1) is 0 Å². The average molecular weight is 439 g/mol. The Kier molecular flexibility index (Phi) is 6.84. The van der Waals surface area contributed by atoms with Gasteiger partial charge in [-0.1, -0.05) is 59.2 Å². The van der Waals surface area contributed by atoms with E-state index in [1.165, 1.54) is 5.56 Å². The molecule has 1 fully saturated rings. The third kappa shape index (κ3) is 5.62. The molecule has 1 aliphatic rings. The monoisotopic (exact) mass is 438 g/mol. The zero-order chi connectivity index (χ0) is 21.6. The quantitative estimate of drug-likeness (QED) is 0.451. The van der Waals surface area contributed by atoms with Crippen LogP contribution in [0.5, 0.6) is 0 Å². The number of benzene rings is 2. The van der Waals surface area contributed by atoms with Crippen LogP contribution in [-0.2, 0) is 13.1 Å². The number of aromatic nitrogens is 2. The van der Waals surface area contributed by atoms with Crippen molar-refractivity contribution in [2.75, 3.05) is 13.6 Å². The third-order valence-electron chi connectivity index (χ3n) is 5.45. The summed E-state index contributed by atoms with van der Waals surface area (Å²) in [5.41, 5.74) is 2.16. The summed E-state index contributed by atoms with van der Waals surface area (Å²) in [6.45, 7) is 4.59. The number of rotatable bonds is 6. The minimum Gasteiger partial charge on any atom is -0.352 e. The van der Waals surface area contributed by atoms with Gasteiger partial charge in [0.15, 0.2) is 5.96 Å². The number of aliphatic imine (C=N–C) groups is 1. The van der Waals surface area contributed by atoms with Gasteiger partial charge in [0.1, 0.15) is 0 Å². The molecule has 2 N–H and O–H groups in total. The summed E-state index contributed by atoms with van der Waals surface area (Å²) in [7, 11) is 1.76. The van der Waals surface area contributed by atoms with Gasteiger partial charge in [-0.3, -0.25) is 9.89 Å². The Labute approximate surface area is 187 Å². The summed E-state index contributed by atoms with van der Waals surface area (Å²) >= 11 is 6.04. The lowest BCUT2D eigenvalue weighted by atomic mass is 10.2. The van der Waals surface area contributed by atoms with Crippen LogP contribution in [-0.4, -0.2) is 46.7 Å². The van der Waals surface area contributed by atoms with E-state index in [4.69, 9.17) is 16.1 Å². The van der Waals surface area contributed by atoms with Gasteiger partial charge in [-0.15, -0.1) is 0 Å². The standard InChI is InChI=1S/C23H27ClN6O/c1-16-11-20(15-30(16)14-17-7-4-3-5-8-17)27-23(25-2)26-13-21-28-22(29-31-21)18-9-6-10-19(24)12-18/h3-10,12,16,20H,11,13-15H2,1-2H3,(H2,25,26,27). The van der Waals surface area contributed by atoms with E-state index in [-0.39, 0.29) is 0 Å². The van der Waals surface area contributed by atoms with Crippen LogP contribution in [0.2, 0.25) is 5.02 Å². The highest BCUT2D eigenvalue weighted by Crippen LogP contribution is 2.21. The molecule has 2 heterocycles. The molecular formula is C23H27ClN6O. The highest BCUT2D eigenvalue weighted by Gasteiger charge is 2.29. The van der Waals surface area contributed by atoms with Gasteiger partial charge in [0.05, 0.1) is 6.54 Å². The minimum atomic E-state index is 0.328. The predicted octanol–water partition coefficient (Wildman–Crippen LogP) is 3.72. The van der Waals surface area contributed by atoms with Crippen molar-refractivity contribution >= 4 is 17.6 Å². The second-order valence-corrected chi connectivity index (χ2v) is 8.23. The highest BCUT2D eigenvalue weighted by atomic mass is 35.5. The number of halogens is 1. The Balaban J connectivity index is 1.29. The number of hydrogen-bond acceptors (Lipinski definition) is 5. The molecule has 0 radical (unpaired) electrons. The summed E-state index contributed by atoms with van der Waals surface area (Å²) in [5.74, 6) is 1.73. The molecule has 0 saturated carbocycles. The van der Waals surface area contributed by atoms with Gasteiger partial charge in [0.25, 0.3) is 0 Å². The summed E-state index contributed by atoms with van der Waals surface area (Å²) in [5, 5.41) is 11.5. The van der Waals surface area contributed by atoms with Gasteiger partial charge in [0.2, 0.25) is 11.7 Å².